The van der Waals surface area contributed by atoms with Crippen LogP contribution in [0.15, 0.2) is 11.7 Å². The second-order valence-electron chi connectivity index (χ2n) is 5.43. The summed E-state index contributed by atoms with van der Waals surface area (Å²) in [5.41, 5.74) is 1.74. The van der Waals surface area contributed by atoms with Crippen LogP contribution in [-0.2, 0) is 6.42 Å². The maximum Gasteiger partial charge on any atom is 0.392 e. The average Bonchev–Trinajstić information content (AvgIpc) is 2.90. The predicted octanol–water partition coefficient (Wildman–Crippen LogP) is 4.03. The number of alkyl halides is 3. The van der Waals surface area contributed by atoms with Crippen LogP contribution in [0.2, 0.25) is 0 Å². The lowest BCUT2D eigenvalue weighted by Crippen LogP contribution is -2.46. The van der Waals surface area contributed by atoms with E-state index in [0.29, 0.717) is 25.8 Å². The molecule has 2 rings (SSSR count). The van der Waals surface area contributed by atoms with Crippen LogP contribution in [0.4, 0.5) is 13.2 Å². The second-order valence-corrected chi connectivity index (χ2v) is 6.40. The third kappa shape index (κ3) is 3.95. The summed E-state index contributed by atoms with van der Waals surface area (Å²) < 4.78 is 39.7. The van der Waals surface area contributed by atoms with Crippen LogP contribution in [-0.4, -0.2) is 23.7 Å². The summed E-state index contributed by atoms with van der Waals surface area (Å²) in [6, 6.07) is -0.104. The van der Waals surface area contributed by atoms with Crippen LogP contribution in [0, 0.1) is 11.8 Å². The molecule has 6 heteroatoms. The zero-order valence-corrected chi connectivity index (χ0v) is 12.4. The molecule has 2 nitrogen and oxygen atoms in total. The zero-order valence-electron chi connectivity index (χ0n) is 11.6. The molecule has 0 bridgehead atoms. The molecule has 1 N–H and O–H groups in total. The number of thiazole rings is 1. The lowest BCUT2D eigenvalue weighted by atomic mass is 9.74. The van der Waals surface area contributed by atoms with Gasteiger partial charge >= 0.3 is 6.18 Å². The van der Waals surface area contributed by atoms with Gasteiger partial charge in [0.1, 0.15) is 0 Å². The number of halogens is 3. The van der Waals surface area contributed by atoms with Gasteiger partial charge in [0, 0.05) is 17.1 Å². The molecule has 20 heavy (non-hydrogen) atoms. The number of likely N-dealkylation sites (N-methyl/N-ethyl adjacent to an activating group) is 1. The first-order valence-electron chi connectivity index (χ1n) is 7.19. The van der Waals surface area contributed by atoms with Crippen LogP contribution < -0.4 is 5.32 Å². The number of nitrogens with zero attached hydrogens (tertiary/aromatic N) is 1. The minimum Gasteiger partial charge on any atom is -0.314 e. The number of aromatic nitrogens is 1. The lowest BCUT2D eigenvalue weighted by molar-refractivity contribution is -0.199. The van der Waals surface area contributed by atoms with Gasteiger partial charge in [0.25, 0.3) is 0 Å². The summed E-state index contributed by atoms with van der Waals surface area (Å²) in [5.74, 6) is -1.47. The summed E-state index contributed by atoms with van der Waals surface area (Å²) in [6.07, 6.45) is 0.879. The van der Waals surface area contributed by atoms with E-state index in [-0.39, 0.29) is 18.4 Å². The van der Waals surface area contributed by atoms with Gasteiger partial charge in [-0.1, -0.05) is 19.8 Å². The summed E-state index contributed by atoms with van der Waals surface area (Å²) in [4.78, 5) is 5.07. The van der Waals surface area contributed by atoms with Crippen molar-refractivity contribution < 1.29 is 13.2 Å². The Morgan fingerprint density at radius 2 is 2.15 bits per heavy atom. The Kier molecular flexibility index (Phi) is 5.43. The maximum absolute atomic E-state index is 13.2. The third-order valence-electron chi connectivity index (χ3n) is 4.13. The van der Waals surface area contributed by atoms with Crippen LogP contribution in [0.25, 0.3) is 0 Å². The predicted molar refractivity (Wildman–Crippen MR) is 74.8 cm³/mol. The molecule has 0 spiro atoms. The molecule has 1 fully saturated rings. The molecule has 0 amide bonds. The first kappa shape index (κ1) is 15.8. The van der Waals surface area contributed by atoms with E-state index in [9.17, 15) is 13.2 Å². The molecule has 0 aliphatic heterocycles. The van der Waals surface area contributed by atoms with Gasteiger partial charge < -0.3 is 5.32 Å². The van der Waals surface area contributed by atoms with E-state index in [1.807, 2.05) is 6.92 Å². The third-order valence-corrected chi connectivity index (χ3v) is 4.93. The second kappa shape index (κ2) is 6.89. The van der Waals surface area contributed by atoms with E-state index in [1.165, 1.54) is 11.3 Å². The molecular formula is C14H21F3N2S. The highest BCUT2D eigenvalue weighted by Crippen LogP contribution is 2.43. The molecule has 3 atom stereocenters. The van der Waals surface area contributed by atoms with Crippen molar-refractivity contribution in [3.8, 4) is 0 Å². The molecule has 1 saturated carbocycles. The zero-order chi connectivity index (χ0) is 14.6. The minimum atomic E-state index is -4.08. The Hall–Kier alpha value is -0.620. The maximum atomic E-state index is 13.2. The van der Waals surface area contributed by atoms with Gasteiger partial charge in [-0.05, 0) is 31.7 Å². The summed E-state index contributed by atoms with van der Waals surface area (Å²) in [5, 5.41) is 3.27. The molecular weight excluding hydrogens is 285 g/mol. The van der Waals surface area contributed by atoms with Gasteiger partial charge in [0.2, 0.25) is 0 Å². The first-order valence-corrected chi connectivity index (χ1v) is 8.07. The van der Waals surface area contributed by atoms with Crippen molar-refractivity contribution in [2.45, 2.75) is 51.2 Å². The molecule has 1 aromatic heterocycles. The minimum absolute atomic E-state index is 0.104. The Morgan fingerprint density at radius 3 is 2.75 bits per heavy atom. The Morgan fingerprint density at radius 1 is 1.40 bits per heavy atom. The summed E-state index contributed by atoms with van der Waals surface area (Å²) in [6.45, 7) is 2.65. The van der Waals surface area contributed by atoms with Crippen LogP contribution in [0.1, 0.15) is 37.5 Å². The van der Waals surface area contributed by atoms with Gasteiger partial charge in [-0.25, -0.2) is 0 Å². The Labute approximate surface area is 121 Å². The molecule has 114 valence electrons. The number of rotatable bonds is 5. The van der Waals surface area contributed by atoms with Crippen molar-refractivity contribution in [1.82, 2.24) is 10.3 Å². The number of nitrogens with one attached hydrogen (secondary N) is 1. The largest absolute Gasteiger partial charge is 0.392 e. The molecule has 0 saturated heterocycles. The molecule has 3 unspecified atom stereocenters. The van der Waals surface area contributed by atoms with E-state index in [4.69, 9.17) is 0 Å². The van der Waals surface area contributed by atoms with Gasteiger partial charge in [-0.2, -0.15) is 13.2 Å². The van der Waals surface area contributed by atoms with Gasteiger partial charge in [-0.15, -0.1) is 11.3 Å². The first-order chi connectivity index (χ1) is 9.52. The van der Waals surface area contributed by atoms with Gasteiger partial charge in [0.05, 0.1) is 11.4 Å². The standard InChI is InChI=1S/C14H21F3N2S/c1-2-19-13(7-10-8-18-9-20-10)11-5-3-4-6-12(11)14(15,16)17/h8-9,11-13,19H,2-7H2,1H3. The lowest BCUT2D eigenvalue weighted by Gasteiger charge is -2.38. The molecule has 0 aromatic carbocycles. The monoisotopic (exact) mass is 306 g/mol. The topological polar surface area (TPSA) is 24.9 Å². The SMILES string of the molecule is CCNC(Cc1cncs1)C1CCCCC1C(F)(F)F. The van der Waals surface area contributed by atoms with Crippen molar-refractivity contribution in [3.05, 3.63) is 16.6 Å². The quantitative estimate of drug-likeness (QED) is 0.888. The highest BCUT2D eigenvalue weighted by molar-refractivity contribution is 7.09. The van der Waals surface area contributed by atoms with Crippen LogP contribution >= 0.6 is 11.3 Å². The van der Waals surface area contributed by atoms with Crippen molar-refractivity contribution in [3.63, 3.8) is 0 Å². The summed E-state index contributed by atoms with van der Waals surface area (Å²) in [7, 11) is 0. The average molecular weight is 306 g/mol. The van der Waals surface area contributed by atoms with Gasteiger partial charge in [-0.3, -0.25) is 4.98 Å². The Bertz CT molecular complexity index is 392. The van der Waals surface area contributed by atoms with Crippen molar-refractivity contribution >= 4 is 11.3 Å². The highest BCUT2D eigenvalue weighted by atomic mass is 32.1. The van der Waals surface area contributed by atoms with E-state index < -0.39 is 12.1 Å². The van der Waals surface area contributed by atoms with E-state index >= 15 is 0 Å². The van der Waals surface area contributed by atoms with E-state index in [0.717, 1.165) is 11.3 Å². The van der Waals surface area contributed by atoms with Crippen molar-refractivity contribution in [1.29, 1.82) is 0 Å². The van der Waals surface area contributed by atoms with Crippen molar-refractivity contribution in [2.24, 2.45) is 11.8 Å². The van der Waals surface area contributed by atoms with E-state index in [1.54, 1.807) is 11.7 Å². The van der Waals surface area contributed by atoms with Crippen molar-refractivity contribution in [2.75, 3.05) is 6.54 Å². The smallest absolute Gasteiger partial charge is 0.314 e. The fraction of sp³-hybridized carbons (Fsp3) is 0.786. The fourth-order valence-electron chi connectivity index (χ4n) is 3.24. The van der Waals surface area contributed by atoms with Crippen LogP contribution in [0.3, 0.4) is 0 Å². The molecule has 0 radical (unpaired) electrons. The summed E-state index contributed by atoms with van der Waals surface area (Å²) >= 11 is 1.52. The van der Waals surface area contributed by atoms with Gasteiger partial charge in [0.15, 0.2) is 0 Å². The number of hydrogen-bond acceptors (Lipinski definition) is 3. The molecule has 1 heterocycles. The fourth-order valence-corrected chi connectivity index (χ4v) is 3.90. The molecule has 1 aliphatic rings. The van der Waals surface area contributed by atoms with E-state index in [2.05, 4.69) is 10.3 Å². The molecule has 1 aliphatic carbocycles. The van der Waals surface area contributed by atoms with Crippen LogP contribution in [0.5, 0.6) is 0 Å². The highest BCUT2D eigenvalue weighted by Gasteiger charge is 2.47. The normalized spacial score (nSPS) is 25.6. The number of hydrogen-bond donors (Lipinski definition) is 1. The Balaban J connectivity index is 2.12. The molecule has 1 aromatic rings.